The van der Waals surface area contributed by atoms with Crippen LogP contribution in [0.4, 0.5) is 10.5 Å². The van der Waals surface area contributed by atoms with Crippen molar-refractivity contribution in [2.45, 2.75) is 32.7 Å². The van der Waals surface area contributed by atoms with Gasteiger partial charge in [-0.25, -0.2) is 4.79 Å². The Morgan fingerprint density at radius 2 is 1.44 bits per heavy atom. The first-order valence-corrected chi connectivity index (χ1v) is 13.6. The topological polar surface area (TPSA) is 155 Å². The predicted octanol–water partition coefficient (Wildman–Crippen LogP) is 5.24. The van der Waals surface area contributed by atoms with Gasteiger partial charge in [-0.05, 0) is 81.3 Å². The number of hydrogen-bond donors (Lipinski definition) is 2. The van der Waals surface area contributed by atoms with E-state index in [4.69, 9.17) is 24.5 Å². The molecule has 0 atom stereocenters. The zero-order valence-corrected chi connectivity index (χ0v) is 24.1. The summed E-state index contributed by atoms with van der Waals surface area (Å²) in [6.07, 6.45) is -0.336. The maximum Gasteiger partial charge on any atom is 0.407 e. The number of hydrogen-bond acceptors (Lipinski definition) is 8. The van der Waals surface area contributed by atoms with Gasteiger partial charge < -0.3 is 34.3 Å². The van der Waals surface area contributed by atoms with Crippen molar-refractivity contribution in [3.63, 3.8) is 0 Å². The molecule has 0 heterocycles. The van der Waals surface area contributed by atoms with E-state index in [0.29, 0.717) is 89.2 Å². The van der Waals surface area contributed by atoms with Crippen LogP contribution in [0.25, 0.3) is 10.4 Å². The van der Waals surface area contributed by atoms with Crippen LogP contribution in [0.3, 0.4) is 0 Å². The summed E-state index contributed by atoms with van der Waals surface area (Å²) in [4.78, 5) is 28.1. The molecular weight excluding hydrogens is 530 g/mol. The minimum Gasteiger partial charge on any atom is -0.494 e. The molecule has 2 aromatic rings. The van der Waals surface area contributed by atoms with Gasteiger partial charge in [-0.1, -0.05) is 5.11 Å². The lowest BCUT2D eigenvalue weighted by molar-refractivity contribution is 0.00767. The van der Waals surface area contributed by atoms with E-state index in [1.54, 1.807) is 36.4 Å². The number of azide groups is 1. The lowest BCUT2D eigenvalue weighted by Crippen LogP contribution is -2.46. The van der Waals surface area contributed by atoms with Crippen LogP contribution in [0.5, 0.6) is 5.75 Å². The molecule has 0 unspecified atom stereocenters. The van der Waals surface area contributed by atoms with Crippen molar-refractivity contribution in [1.82, 2.24) is 4.90 Å². The lowest BCUT2D eigenvalue weighted by Gasteiger charge is -2.32. The van der Waals surface area contributed by atoms with Gasteiger partial charge in [0.2, 0.25) is 0 Å². The summed E-state index contributed by atoms with van der Waals surface area (Å²) in [6.45, 7) is 9.77. The van der Waals surface area contributed by atoms with E-state index in [-0.39, 0.29) is 5.78 Å². The second kappa shape index (κ2) is 18.5. The van der Waals surface area contributed by atoms with Gasteiger partial charge in [0, 0.05) is 46.9 Å². The van der Waals surface area contributed by atoms with Crippen LogP contribution in [0.15, 0.2) is 53.6 Å². The Labute approximate surface area is 241 Å². The lowest BCUT2D eigenvalue weighted by atomic mass is 10.0. The van der Waals surface area contributed by atoms with Gasteiger partial charge in [0.15, 0.2) is 5.78 Å². The second-order valence-electron chi connectivity index (χ2n) is 9.96. The van der Waals surface area contributed by atoms with Crippen molar-refractivity contribution < 1.29 is 33.6 Å². The minimum atomic E-state index is -0.960. The maximum absolute atomic E-state index is 12.8. The molecule has 224 valence electrons. The van der Waals surface area contributed by atoms with E-state index in [1.165, 1.54) is 4.90 Å². The number of amides is 1. The summed E-state index contributed by atoms with van der Waals surface area (Å²) in [7, 11) is 0. The third kappa shape index (κ3) is 13.4. The first-order valence-electron chi connectivity index (χ1n) is 13.6. The van der Waals surface area contributed by atoms with Crippen molar-refractivity contribution >= 4 is 17.6 Å². The molecule has 41 heavy (non-hydrogen) atoms. The average Bonchev–Trinajstić information content (AvgIpc) is 2.95. The number of nitrogens with one attached hydrogen (secondary N) is 1. The van der Waals surface area contributed by atoms with Gasteiger partial charge in [0.1, 0.15) is 5.75 Å². The van der Waals surface area contributed by atoms with Crippen LogP contribution >= 0.6 is 0 Å². The minimum absolute atomic E-state index is 0.0765. The highest BCUT2D eigenvalue weighted by atomic mass is 16.5. The highest BCUT2D eigenvalue weighted by Crippen LogP contribution is 2.17. The van der Waals surface area contributed by atoms with Gasteiger partial charge in [-0.15, -0.1) is 0 Å². The van der Waals surface area contributed by atoms with Crippen LogP contribution in [-0.2, 0) is 14.2 Å². The summed E-state index contributed by atoms with van der Waals surface area (Å²) in [6, 6.07) is 14.2. The molecule has 2 N–H and O–H groups in total. The van der Waals surface area contributed by atoms with Crippen LogP contribution in [0.2, 0.25) is 0 Å². The number of nitrogens with zero attached hydrogens (tertiary/aromatic N) is 4. The average molecular weight is 572 g/mol. The molecule has 0 fully saturated rings. The molecular formula is C29H41N5O7. The van der Waals surface area contributed by atoms with Crippen molar-refractivity contribution in [2.75, 3.05) is 71.2 Å². The summed E-state index contributed by atoms with van der Waals surface area (Å²) in [5.41, 5.74) is 9.84. The largest absolute Gasteiger partial charge is 0.494 e. The third-order valence-corrected chi connectivity index (χ3v) is 5.82. The third-order valence-electron chi connectivity index (χ3n) is 5.82. The molecule has 0 aromatic heterocycles. The van der Waals surface area contributed by atoms with E-state index in [1.807, 2.05) is 32.9 Å². The fraction of sp³-hybridized carbons (Fsp3) is 0.517. The Morgan fingerprint density at radius 1 is 0.878 bits per heavy atom. The highest BCUT2D eigenvalue weighted by Gasteiger charge is 2.25. The number of ether oxygens (including phenoxy) is 4. The molecule has 2 aromatic carbocycles. The first-order chi connectivity index (χ1) is 19.7. The molecule has 12 heteroatoms. The summed E-state index contributed by atoms with van der Waals surface area (Å²) >= 11 is 0. The SMILES string of the molecule is CC(C)(C)N(CCOCCOCCOCCNc1ccc(C(=O)c2ccc(OCCCN=[N+]=[N-])cc2)cc1)C(=O)O. The van der Waals surface area contributed by atoms with Crippen LogP contribution in [-0.4, -0.2) is 93.3 Å². The number of carboxylic acid groups (broad SMARTS) is 1. The molecule has 0 saturated carbocycles. The number of ketones is 1. The standard InChI is InChI=1S/C29H41N5O7/c1-29(2,3)34(28(36)37)15-18-39-20-22-40-21-19-38-17-14-31-25-9-5-23(6-10-25)27(35)24-7-11-26(12-8-24)41-16-4-13-32-33-30/h5-12,31H,4,13-22H2,1-3H3,(H,36,37). The zero-order valence-electron chi connectivity index (χ0n) is 24.1. The van der Waals surface area contributed by atoms with Gasteiger partial charge in [0.05, 0.1) is 46.2 Å². The van der Waals surface area contributed by atoms with Crippen molar-refractivity contribution in [3.05, 3.63) is 70.1 Å². The van der Waals surface area contributed by atoms with Gasteiger partial charge in [-0.2, -0.15) is 0 Å². The van der Waals surface area contributed by atoms with Crippen LogP contribution < -0.4 is 10.1 Å². The normalized spacial score (nSPS) is 11.0. The van der Waals surface area contributed by atoms with Crippen molar-refractivity contribution in [2.24, 2.45) is 5.11 Å². The molecule has 0 aliphatic rings. The number of carbonyl (C=O) groups excluding carboxylic acids is 1. The van der Waals surface area contributed by atoms with Gasteiger partial charge >= 0.3 is 6.09 Å². The van der Waals surface area contributed by atoms with Crippen molar-refractivity contribution in [3.8, 4) is 5.75 Å². The summed E-state index contributed by atoms with van der Waals surface area (Å²) in [5.74, 6) is 0.579. The van der Waals surface area contributed by atoms with E-state index in [9.17, 15) is 14.7 Å². The van der Waals surface area contributed by atoms with E-state index in [2.05, 4.69) is 15.3 Å². The second-order valence-corrected chi connectivity index (χ2v) is 9.96. The quantitative estimate of drug-likeness (QED) is 0.0719. The molecule has 0 aliphatic carbocycles. The highest BCUT2D eigenvalue weighted by molar-refractivity contribution is 6.09. The smallest absolute Gasteiger partial charge is 0.407 e. The molecule has 12 nitrogen and oxygen atoms in total. The Morgan fingerprint density at radius 3 is 2.00 bits per heavy atom. The van der Waals surface area contributed by atoms with Crippen LogP contribution in [0.1, 0.15) is 43.1 Å². The Hall–Kier alpha value is -3.83. The molecule has 0 saturated heterocycles. The fourth-order valence-corrected chi connectivity index (χ4v) is 3.66. The monoisotopic (exact) mass is 571 g/mol. The van der Waals surface area contributed by atoms with Gasteiger partial charge in [0.25, 0.3) is 0 Å². The Kier molecular flexibility index (Phi) is 15.1. The van der Waals surface area contributed by atoms with Crippen molar-refractivity contribution in [1.29, 1.82) is 0 Å². The number of carbonyl (C=O) groups is 2. The van der Waals surface area contributed by atoms with Crippen LogP contribution in [0, 0.1) is 0 Å². The Bertz CT molecular complexity index is 1100. The van der Waals surface area contributed by atoms with E-state index < -0.39 is 11.6 Å². The zero-order chi connectivity index (χ0) is 29.9. The molecule has 0 radical (unpaired) electrons. The summed E-state index contributed by atoms with van der Waals surface area (Å²) < 4.78 is 22.1. The van der Waals surface area contributed by atoms with E-state index >= 15 is 0 Å². The molecule has 0 spiro atoms. The fourth-order valence-electron chi connectivity index (χ4n) is 3.66. The van der Waals surface area contributed by atoms with E-state index in [0.717, 1.165) is 5.69 Å². The summed E-state index contributed by atoms with van der Waals surface area (Å²) in [5, 5.41) is 16.0. The number of rotatable bonds is 20. The van der Waals surface area contributed by atoms with Gasteiger partial charge in [-0.3, -0.25) is 4.79 Å². The molecule has 0 bridgehead atoms. The maximum atomic E-state index is 12.8. The molecule has 1 amide bonds. The number of anilines is 1. The molecule has 0 aliphatic heterocycles. The Balaban J connectivity index is 1.54. The first kappa shape index (κ1) is 33.4. The molecule has 2 rings (SSSR count). The predicted molar refractivity (Wildman–Crippen MR) is 156 cm³/mol. The number of benzene rings is 2.